The number of hydrogen-bond donors (Lipinski definition) is 0. The first-order valence-electron chi connectivity index (χ1n) is 9.34. The maximum absolute atomic E-state index is 12.6. The standard InChI is InChI=1S/C22H26N2O3/c1-17(25)18-8-6-12-21(14-18)27-16-22(26)23(2)20-11-7-13-24(15-20)19-9-4-3-5-10-19/h3-6,8-10,12,14,20H,7,11,13,15-16H2,1-2H3. The molecule has 0 N–H and O–H groups in total. The number of hydrogen-bond acceptors (Lipinski definition) is 4. The average molecular weight is 366 g/mol. The molecule has 142 valence electrons. The third kappa shape index (κ3) is 4.88. The molecular formula is C22H26N2O3. The molecule has 0 aliphatic carbocycles. The minimum atomic E-state index is -0.0526. The molecule has 1 saturated heterocycles. The van der Waals surface area contributed by atoms with E-state index < -0.39 is 0 Å². The Morgan fingerprint density at radius 1 is 1.15 bits per heavy atom. The summed E-state index contributed by atoms with van der Waals surface area (Å²) in [6.45, 7) is 3.32. The fraction of sp³-hybridized carbons (Fsp3) is 0.364. The normalized spacial score (nSPS) is 16.7. The van der Waals surface area contributed by atoms with Crippen molar-refractivity contribution in [3.8, 4) is 5.75 Å². The number of likely N-dealkylation sites (N-methyl/N-ethyl adjacent to an activating group) is 1. The molecule has 1 aliphatic heterocycles. The molecule has 1 atom stereocenters. The van der Waals surface area contributed by atoms with E-state index in [1.807, 2.05) is 25.2 Å². The lowest BCUT2D eigenvalue weighted by Gasteiger charge is -2.38. The van der Waals surface area contributed by atoms with Crippen molar-refractivity contribution in [2.24, 2.45) is 0 Å². The number of para-hydroxylation sites is 1. The summed E-state index contributed by atoms with van der Waals surface area (Å²) in [4.78, 5) is 28.2. The first-order chi connectivity index (χ1) is 13.0. The van der Waals surface area contributed by atoms with Gasteiger partial charge in [0.1, 0.15) is 5.75 Å². The minimum Gasteiger partial charge on any atom is -0.484 e. The van der Waals surface area contributed by atoms with Gasteiger partial charge in [0.15, 0.2) is 12.4 Å². The van der Waals surface area contributed by atoms with E-state index in [1.54, 1.807) is 29.2 Å². The molecule has 1 heterocycles. The van der Waals surface area contributed by atoms with Crippen molar-refractivity contribution in [1.82, 2.24) is 4.90 Å². The van der Waals surface area contributed by atoms with Crippen molar-refractivity contribution in [1.29, 1.82) is 0 Å². The molecule has 2 aromatic carbocycles. The molecule has 5 heteroatoms. The fourth-order valence-corrected chi connectivity index (χ4v) is 3.40. The number of nitrogens with zero attached hydrogens (tertiary/aromatic N) is 2. The molecule has 5 nitrogen and oxygen atoms in total. The topological polar surface area (TPSA) is 49.9 Å². The van der Waals surface area contributed by atoms with Crippen molar-refractivity contribution in [3.63, 3.8) is 0 Å². The maximum atomic E-state index is 12.6. The molecule has 2 aromatic rings. The number of carbonyl (C=O) groups is 2. The van der Waals surface area contributed by atoms with E-state index in [1.165, 1.54) is 12.6 Å². The zero-order valence-electron chi connectivity index (χ0n) is 15.9. The zero-order chi connectivity index (χ0) is 19.2. The van der Waals surface area contributed by atoms with Crippen LogP contribution in [0, 0.1) is 0 Å². The minimum absolute atomic E-state index is 0.0212. The van der Waals surface area contributed by atoms with E-state index in [-0.39, 0.29) is 24.3 Å². The highest BCUT2D eigenvalue weighted by Crippen LogP contribution is 2.22. The van der Waals surface area contributed by atoms with Crippen LogP contribution >= 0.6 is 0 Å². The second-order valence-corrected chi connectivity index (χ2v) is 6.95. The van der Waals surface area contributed by atoms with Crippen LogP contribution in [0.1, 0.15) is 30.1 Å². The van der Waals surface area contributed by atoms with Crippen LogP contribution in [0.2, 0.25) is 0 Å². The van der Waals surface area contributed by atoms with Gasteiger partial charge in [-0.1, -0.05) is 30.3 Å². The smallest absolute Gasteiger partial charge is 0.260 e. The second kappa shape index (κ2) is 8.71. The van der Waals surface area contributed by atoms with Crippen molar-refractivity contribution in [2.45, 2.75) is 25.8 Å². The van der Waals surface area contributed by atoms with Crippen LogP contribution in [0.15, 0.2) is 54.6 Å². The number of piperidine rings is 1. The highest BCUT2D eigenvalue weighted by atomic mass is 16.5. The van der Waals surface area contributed by atoms with Gasteiger partial charge >= 0.3 is 0 Å². The number of rotatable bonds is 6. The Hall–Kier alpha value is -2.82. The molecule has 0 bridgehead atoms. The summed E-state index contributed by atoms with van der Waals surface area (Å²) in [6, 6.07) is 17.4. The first kappa shape index (κ1) is 19.0. The molecule has 0 saturated carbocycles. The fourth-order valence-electron chi connectivity index (χ4n) is 3.40. The van der Waals surface area contributed by atoms with Crippen LogP contribution in [-0.4, -0.2) is 49.4 Å². The monoisotopic (exact) mass is 366 g/mol. The summed E-state index contributed by atoms with van der Waals surface area (Å²) < 4.78 is 5.63. The maximum Gasteiger partial charge on any atom is 0.260 e. The van der Waals surface area contributed by atoms with Gasteiger partial charge in [-0.3, -0.25) is 9.59 Å². The third-order valence-corrected chi connectivity index (χ3v) is 5.06. The van der Waals surface area contributed by atoms with Crippen molar-refractivity contribution in [3.05, 3.63) is 60.2 Å². The molecule has 1 aliphatic rings. The van der Waals surface area contributed by atoms with Gasteiger partial charge in [-0.25, -0.2) is 0 Å². The summed E-state index contributed by atoms with van der Waals surface area (Å²) in [5.41, 5.74) is 1.78. The molecule has 27 heavy (non-hydrogen) atoms. The molecule has 1 amide bonds. The van der Waals surface area contributed by atoms with Crippen molar-refractivity contribution < 1.29 is 14.3 Å². The van der Waals surface area contributed by atoms with Crippen LogP contribution in [0.5, 0.6) is 5.75 Å². The highest BCUT2D eigenvalue weighted by molar-refractivity contribution is 5.94. The van der Waals surface area contributed by atoms with E-state index in [4.69, 9.17) is 4.74 Å². The van der Waals surface area contributed by atoms with Crippen molar-refractivity contribution in [2.75, 3.05) is 31.6 Å². The number of amides is 1. The second-order valence-electron chi connectivity index (χ2n) is 6.95. The Morgan fingerprint density at radius 3 is 2.67 bits per heavy atom. The Labute approximate surface area is 160 Å². The van der Waals surface area contributed by atoms with Crippen LogP contribution in [0.4, 0.5) is 5.69 Å². The number of ketones is 1. The lowest BCUT2D eigenvalue weighted by atomic mass is 10.0. The van der Waals surface area contributed by atoms with Crippen LogP contribution in [-0.2, 0) is 4.79 Å². The van der Waals surface area contributed by atoms with Crippen LogP contribution < -0.4 is 9.64 Å². The molecule has 1 unspecified atom stereocenters. The summed E-state index contributed by atoms with van der Waals surface area (Å²) in [7, 11) is 1.84. The Kier molecular flexibility index (Phi) is 6.12. The van der Waals surface area contributed by atoms with Gasteiger partial charge in [-0.05, 0) is 44.0 Å². The summed E-state index contributed by atoms with van der Waals surface area (Å²) in [5, 5.41) is 0. The Morgan fingerprint density at radius 2 is 1.93 bits per heavy atom. The van der Waals surface area contributed by atoms with Gasteiger partial charge in [-0.15, -0.1) is 0 Å². The molecule has 1 fully saturated rings. The molecule has 0 spiro atoms. The number of Topliss-reactive ketones (excluding diaryl/α,β-unsaturated/α-hetero) is 1. The lowest BCUT2D eigenvalue weighted by Crippen LogP contribution is -2.49. The third-order valence-electron chi connectivity index (χ3n) is 5.06. The van der Waals surface area contributed by atoms with E-state index in [2.05, 4.69) is 17.0 Å². The first-order valence-corrected chi connectivity index (χ1v) is 9.34. The predicted molar refractivity (Wildman–Crippen MR) is 106 cm³/mol. The predicted octanol–water partition coefficient (Wildman–Crippen LogP) is 3.40. The van der Waals surface area contributed by atoms with Gasteiger partial charge in [0.2, 0.25) is 0 Å². The molecule has 0 aromatic heterocycles. The number of benzene rings is 2. The van der Waals surface area contributed by atoms with Gasteiger partial charge in [-0.2, -0.15) is 0 Å². The quantitative estimate of drug-likeness (QED) is 0.736. The van der Waals surface area contributed by atoms with E-state index >= 15 is 0 Å². The highest BCUT2D eigenvalue weighted by Gasteiger charge is 2.26. The Bertz CT molecular complexity index is 791. The van der Waals surface area contributed by atoms with E-state index in [0.717, 1.165) is 25.9 Å². The Balaban J connectivity index is 1.57. The summed E-state index contributed by atoms with van der Waals surface area (Å²) in [5.74, 6) is 0.467. The van der Waals surface area contributed by atoms with Crippen molar-refractivity contribution >= 4 is 17.4 Å². The van der Waals surface area contributed by atoms with E-state index in [9.17, 15) is 9.59 Å². The largest absolute Gasteiger partial charge is 0.484 e. The average Bonchev–Trinajstić information content (AvgIpc) is 2.72. The van der Waals surface area contributed by atoms with Gasteiger partial charge in [0.25, 0.3) is 5.91 Å². The number of carbonyl (C=O) groups excluding carboxylic acids is 2. The molecule has 3 rings (SSSR count). The SMILES string of the molecule is CC(=O)c1cccc(OCC(=O)N(C)C2CCCN(c3ccccc3)C2)c1. The van der Waals surface area contributed by atoms with E-state index in [0.29, 0.717) is 11.3 Å². The lowest BCUT2D eigenvalue weighted by molar-refractivity contribution is -0.134. The van der Waals surface area contributed by atoms with Gasteiger partial charge in [0.05, 0.1) is 0 Å². The molecular weight excluding hydrogens is 340 g/mol. The summed E-state index contributed by atoms with van der Waals surface area (Å²) >= 11 is 0. The number of ether oxygens (including phenoxy) is 1. The molecule has 0 radical (unpaired) electrons. The van der Waals surface area contributed by atoms with Gasteiger partial charge < -0.3 is 14.5 Å². The van der Waals surface area contributed by atoms with Crippen LogP contribution in [0.25, 0.3) is 0 Å². The zero-order valence-corrected chi connectivity index (χ0v) is 15.9. The summed E-state index contributed by atoms with van der Waals surface area (Å²) in [6.07, 6.45) is 2.05. The van der Waals surface area contributed by atoms with Crippen LogP contribution in [0.3, 0.4) is 0 Å². The van der Waals surface area contributed by atoms with Gasteiger partial charge in [0, 0.05) is 37.4 Å². The number of anilines is 1.